The number of halogens is 2. The number of benzene rings is 2. The summed E-state index contributed by atoms with van der Waals surface area (Å²) in [7, 11) is 0. The van der Waals surface area contributed by atoms with E-state index < -0.39 is 23.1 Å². The zero-order valence-corrected chi connectivity index (χ0v) is 21.5. The SMILES string of the molecule is NC=Cc1ncc(N2CCCCC2)cc1Oc1ccc(NC(=O)c2cccn(-c3ccc(F)cc3)c2=O)cc1F. The molecule has 2 aromatic carbocycles. The molecule has 1 amide bonds. The monoisotopic (exact) mass is 543 g/mol. The van der Waals surface area contributed by atoms with E-state index in [1.807, 2.05) is 6.07 Å². The molecule has 2 aromatic heterocycles. The number of hydrogen-bond acceptors (Lipinski definition) is 6. The lowest BCUT2D eigenvalue weighted by molar-refractivity contribution is 0.102. The molecule has 5 rings (SSSR count). The van der Waals surface area contributed by atoms with E-state index in [9.17, 15) is 14.0 Å². The van der Waals surface area contributed by atoms with Crippen molar-refractivity contribution in [2.45, 2.75) is 19.3 Å². The highest BCUT2D eigenvalue weighted by Gasteiger charge is 2.17. The summed E-state index contributed by atoms with van der Waals surface area (Å²) in [5.41, 5.74) is 6.66. The van der Waals surface area contributed by atoms with Gasteiger partial charge in [0.1, 0.15) is 17.1 Å². The van der Waals surface area contributed by atoms with Crippen molar-refractivity contribution < 1.29 is 18.3 Å². The summed E-state index contributed by atoms with van der Waals surface area (Å²) in [5.74, 6) is -1.62. The fraction of sp³-hybridized carbons (Fsp3) is 0.167. The molecule has 4 aromatic rings. The summed E-state index contributed by atoms with van der Waals surface area (Å²) in [6.07, 6.45) is 9.48. The minimum absolute atomic E-state index is 0.0689. The van der Waals surface area contributed by atoms with Crippen LogP contribution in [0.4, 0.5) is 20.2 Å². The summed E-state index contributed by atoms with van der Waals surface area (Å²) in [6.45, 7) is 1.82. The molecule has 3 heterocycles. The second-order valence-electron chi connectivity index (χ2n) is 9.26. The van der Waals surface area contributed by atoms with E-state index in [0.29, 0.717) is 17.1 Å². The molecule has 0 saturated carbocycles. The Bertz CT molecular complexity index is 1610. The highest BCUT2D eigenvalue weighted by molar-refractivity contribution is 6.04. The Hall–Kier alpha value is -4.99. The van der Waals surface area contributed by atoms with E-state index in [4.69, 9.17) is 10.5 Å². The summed E-state index contributed by atoms with van der Waals surface area (Å²) >= 11 is 0. The molecule has 204 valence electrons. The van der Waals surface area contributed by atoms with Crippen molar-refractivity contribution >= 4 is 23.4 Å². The average molecular weight is 544 g/mol. The quantitative estimate of drug-likeness (QED) is 0.320. The summed E-state index contributed by atoms with van der Waals surface area (Å²) < 4.78 is 35.5. The summed E-state index contributed by atoms with van der Waals surface area (Å²) in [5, 5.41) is 2.55. The predicted octanol–water partition coefficient (Wildman–Crippen LogP) is 5.48. The van der Waals surface area contributed by atoms with Crippen LogP contribution in [0, 0.1) is 11.6 Å². The zero-order chi connectivity index (χ0) is 28.1. The Kier molecular flexibility index (Phi) is 7.86. The number of pyridine rings is 2. The van der Waals surface area contributed by atoms with Crippen LogP contribution >= 0.6 is 0 Å². The van der Waals surface area contributed by atoms with Gasteiger partial charge in [-0.05, 0) is 80.1 Å². The lowest BCUT2D eigenvalue weighted by Gasteiger charge is -2.28. The normalized spacial score (nSPS) is 13.4. The molecule has 0 atom stereocenters. The minimum atomic E-state index is -0.722. The highest BCUT2D eigenvalue weighted by Crippen LogP contribution is 2.32. The Balaban J connectivity index is 1.35. The molecule has 0 bridgehead atoms. The molecular formula is C30H27F2N5O3. The molecule has 1 fully saturated rings. The Morgan fingerprint density at radius 2 is 1.75 bits per heavy atom. The second-order valence-corrected chi connectivity index (χ2v) is 9.26. The third kappa shape index (κ3) is 5.85. The van der Waals surface area contributed by atoms with Crippen molar-refractivity contribution in [2.75, 3.05) is 23.3 Å². The van der Waals surface area contributed by atoms with E-state index in [1.165, 1.54) is 71.9 Å². The smallest absolute Gasteiger partial charge is 0.267 e. The molecule has 0 aliphatic carbocycles. The fourth-order valence-corrected chi connectivity index (χ4v) is 4.52. The van der Waals surface area contributed by atoms with Crippen LogP contribution in [0.2, 0.25) is 0 Å². The van der Waals surface area contributed by atoms with Crippen molar-refractivity contribution in [2.24, 2.45) is 5.73 Å². The maximum atomic E-state index is 15.1. The first-order valence-corrected chi connectivity index (χ1v) is 12.8. The summed E-state index contributed by atoms with van der Waals surface area (Å²) in [6, 6.07) is 14.0. The van der Waals surface area contributed by atoms with Gasteiger partial charge < -0.3 is 20.7 Å². The molecule has 1 aliphatic heterocycles. The average Bonchev–Trinajstić information content (AvgIpc) is 2.96. The first-order valence-electron chi connectivity index (χ1n) is 12.8. The number of nitrogens with two attached hydrogens (primary N) is 1. The van der Waals surface area contributed by atoms with Crippen LogP contribution in [-0.2, 0) is 0 Å². The third-order valence-electron chi connectivity index (χ3n) is 6.55. The Morgan fingerprint density at radius 3 is 2.48 bits per heavy atom. The molecule has 3 N–H and O–H groups in total. The molecule has 0 unspecified atom stereocenters. The highest BCUT2D eigenvalue weighted by atomic mass is 19.1. The predicted molar refractivity (Wildman–Crippen MR) is 150 cm³/mol. The van der Waals surface area contributed by atoms with Crippen LogP contribution < -0.4 is 26.2 Å². The number of anilines is 2. The lowest BCUT2D eigenvalue weighted by atomic mass is 10.1. The maximum Gasteiger partial charge on any atom is 0.267 e. The van der Waals surface area contributed by atoms with Crippen LogP contribution in [0.15, 0.2) is 84.1 Å². The van der Waals surface area contributed by atoms with Crippen molar-refractivity contribution in [1.29, 1.82) is 0 Å². The summed E-state index contributed by atoms with van der Waals surface area (Å²) in [4.78, 5) is 32.5. The van der Waals surface area contributed by atoms with E-state index in [1.54, 1.807) is 12.3 Å². The van der Waals surface area contributed by atoms with Crippen molar-refractivity contribution in [3.05, 3.63) is 113 Å². The van der Waals surface area contributed by atoms with Gasteiger partial charge in [0, 0.05) is 42.8 Å². The molecule has 1 aliphatic rings. The fourth-order valence-electron chi connectivity index (χ4n) is 4.52. The molecule has 0 radical (unpaired) electrons. The van der Waals surface area contributed by atoms with Gasteiger partial charge in [0.25, 0.3) is 11.5 Å². The number of amides is 1. The van der Waals surface area contributed by atoms with Gasteiger partial charge in [0.15, 0.2) is 17.3 Å². The van der Waals surface area contributed by atoms with Gasteiger partial charge in [-0.3, -0.25) is 19.1 Å². The number of nitrogens with zero attached hydrogens (tertiary/aromatic N) is 3. The van der Waals surface area contributed by atoms with Gasteiger partial charge >= 0.3 is 0 Å². The van der Waals surface area contributed by atoms with E-state index >= 15 is 4.39 Å². The molecule has 8 nitrogen and oxygen atoms in total. The van der Waals surface area contributed by atoms with Gasteiger partial charge in [-0.2, -0.15) is 0 Å². The standard InChI is InChI=1S/C30H27F2N5O3/c31-20-6-9-22(10-7-20)37-16-4-5-24(30(37)39)29(38)35-21-8-11-27(25(32)17-21)40-28-18-23(19-34-26(28)12-13-33)36-14-2-1-3-15-36/h4-13,16-19H,1-3,14-15,33H2,(H,35,38). The number of piperidine rings is 1. The number of nitrogens with one attached hydrogen (secondary N) is 1. The topological polar surface area (TPSA) is 102 Å². The van der Waals surface area contributed by atoms with Crippen LogP contribution in [0.1, 0.15) is 35.3 Å². The van der Waals surface area contributed by atoms with Crippen molar-refractivity contribution in [3.8, 4) is 17.2 Å². The zero-order valence-electron chi connectivity index (χ0n) is 21.5. The Morgan fingerprint density at radius 1 is 0.975 bits per heavy atom. The van der Waals surface area contributed by atoms with Gasteiger partial charge in [0.05, 0.1) is 11.9 Å². The van der Waals surface area contributed by atoms with Crippen LogP contribution in [-0.4, -0.2) is 28.5 Å². The second kappa shape index (κ2) is 11.8. The number of carbonyl (C=O) groups is 1. The van der Waals surface area contributed by atoms with Gasteiger partial charge in [-0.1, -0.05) is 0 Å². The van der Waals surface area contributed by atoms with Gasteiger partial charge in [-0.15, -0.1) is 0 Å². The van der Waals surface area contributed by atoms with Gasteiger partial charge in [0.2, 0.25) is 0 Å². The number of ether oxygens (including phenoxy) is 1. The molecule has 0 spiro atoms. The molecule has 40 heavy (non-hydrogen) atoms. The van der Waals surface area contributed by atoms with E-state index in [0.717, 1.165) is 37.7 Å². The van der Waals surface area contributed by atoms with E-state index in [-0.39, 0.29) is 17.0 Å². The largest absolute Gasteiger partial charge is 0.452 e. The molecular weight excluding hydrogens is 516 g/mol. The van der Waals surface area contributed by atoms with E-state index in [2.05, 4.69) is 15.2 Å². The third-order valence-corrected chi connectivity index (χ3v) is 6.55. The van der Waals surface area contributed by atoms with Crippen LogP contribution in [0.5, 0.6) is 11.5 Å². The lowest BCUT2D eigenvalue weighted by Crippen LogP contribution is -2.29. The van der Waals surface area contributed by atoms with Crippen LogP contribution in [0.3, 0.4) is 0 Å². The molecule has 1 saturated heterocycles. The Labute approximate surface area is 229 Å². The molecule has 10 heteroatoms. The number of rotatable bonds is 7. The number of aromatic nitrogens is 2. The first kappa shape index (κ1) is 26.6. The number of carbonyl (C=O) groups excluding carboxylic acids is 1. The van der Waals surface area contributed by atoms with Crippen molar-refractivity contribution in [3.63, 3.8) is 0 Å². The first-order chi connectivity index (χ1) is 19.4. The van der Waals surface area contributed by atoms with Crippen molar-refractivity contribution in [1.82, 2.24) is 9.55 Å². The van der Waals surface area contributed by atoms with Crippen LogP contribution in [0.25, 0.3) is 11.8 Å². The maximum absolute atomic E-state index is 15.1. The minimum Gasteiger partial charge on any atom is -0.452 e. The number of hydrogen-bond donors (Lipinski definition) is 2. The van der Waals surface area contributed by atoms with Gasteiger partial charge in [-0.25, -0.2) is 8.78 Å².